The van der Waals surface area contributed by atoms with Gasteiger partial charge < -0.3 is 15.1 Å². The normalized spacial score (nSPS) is 15.4. The van der Waals surface area contributed by atoms with Gasteiger partial charge in [-0.2, -0.15) is 0 Å². The average Bonchev–Trinajstić information content (AvgIpc) is 2.35. The van der Waals surface area contributed by atoms with E-state index < -0.39 is 31.4 Å². The SMILES string of the molecule is O=C(O)CCC(CP(=O)(O)c1ccncc1)C(=O)O. The number of nitrogens with zero attached hydrogens (tertiary/aromatic N) is 1. The maximum atomic E-state index is 12.1. The molecule has 0 radical (unpaired) electrons. The van der Waals surface area contributed by atoms with Crippen LogP contribution in [0.4, 0.5) is 0 Å². The molecule has 0 bridgehead atoms. The van der Waals surface area contributed by atoms with Gasteiger partial charge in [-0.15, -0.1) is 0 Å². The molecule has 104 valence electrons. The summed E-state index contributed by atoms with van der Waals surface area (Å²) in [5.41, 5.74) is 0. The molecular weight excluding hydrogens is 273 g/mol. The number of rotatable bonds is 7. The first kappa shape index (κ1) is 15.3. The van der Waals surface area contributed by atoms with E-state index in [1.165, 1.54) is 24.5 Å². The van der Waals surface area contributed by atoms with Crippen LogP contribution in [0.5, 0.6) is 0 Å². The molecule has 0 fully saturated rings. The van der Waals surface area contributed by atoms with Crippen LogP contribution < -0.4 is 5.30 Å². The van der Waals surface area contributed by atoms with Gasteiger partial charge in [0.05, 0.1) is 5.92 Å². The van der Waals surface area contributed by atoms with Crippen molar-refractivity contribution in [1.82, 2.24) is 4.98 Å². The van der Waals surface area contributed by atoms with Gasteiger partial charge in [-0.05, 0) is 18.6 Å². The van der Waals surface area contributed by atoms with E-state index in [1.807, 2.05) is 0 Å². The molecule has 1 aromatic heterocycles. The first-order chi connectivity index (χ1) is 8.83. The van der Waals surface area contributed by atoms with Crippen molar-refractivity contribution in [2.24, 2.45) is 5.92 Å². The molecule has 3 N–H and O–H groups in total. The molecule has 0 aromatic carbocycles. The van der Waals surface area contributed by atoms with Crippen LogP contribution in [0.15, 0.2) is 24.5 Å². The minimum Gasteiger partial charge on any atom is -0.481 e. The Kier molecular flexibility index (Phi) is 5.20. The maximum absolute atomic E-state index is 12.1. The van der Waals surface area contributed by atoms with Gasteiger partial charge in [-0.3, -0.25) is 19.1 Å². The van der Waals surface area contributed by atoms with E-state index in [4.69, 9.17) is 10.2 Å². The second-order valence-corrected chi connectivity index (χ2v) is 6.34. The molecule has 0 aliphatic carbocycles. The molecule has 0 amide bonds. The van der Waals surface area contributed by atoms with Gasteiger partial charge in [0.25, 0.3) is 0 Å². The van der Waals surface area contributed by atoms with Gasteiger partial charge in [-0.25, -0.2) is 0 Å². The van der Waals surface area contributed by atoms with Gasteiger partial charge in [0.1, 0.15) is 0 Å². The number of aliphatic carboxylic acids is 2. The summed E-state index contributed by atoms with van der Waals surface area (Å²) in [6.45, 7) is 0. The summed E-state index contributed by atoms with van der Waals surface area (Å²) in [6.07, 6.45) is 1.66. The van der Waals surface area contributed by atoms with Crippen LogP contribution in [0.1, 0.15) is 12.8 Å². The standard InChI is InChI=1S/C11H14NO6P/c13-10(14)2-1-8(11(15)16)7-19(17,18)9-3-5-12-6-4-9/h3-6,8H,1-2,7H2,(H,13,14)(H,15,16)(H,17,18). The van der Waals surface area contributed by atoms with E-state index in [1.54, 1.807) is 0 Å². The zero-order valence-corrected chi connectivity index (χ0v) is 10.9. The first-order valence-electron chi connectivity index (χ1n) is 5.50. The molecule has 0 aliphatic heterocycles. The molecule has 1 aromatic rings. The Morgan fingerprint density at radius 3 is 2.32 bits per heavy atom. The van der Waals surface area contributed by atoms with Crippen LogP contribution in [-0.4, -0.2) is 38.2 Å². The van der Waals surface area contributed by atoms with Gasteiger partial charge in [0.15, 0.2) is 0 Å². The summed E-state index contributed by atoms with van der Waals surface area (Å²) < 4.78 is 12.1. The Labute approximate surface area is 109 Å². The summed E-state index contributed by atoms with van der Waals surface area (Å²) >= 11 is 0. The number of carboxylic acid groups (broad SMARTS) is 2. The summed E-state index contributed by atoms with van der Waals surface area (Å²) in [5.74, 6) is -3.58. The van der Waals surface area contributed by atoms with E-state index in [0.717, 1.165) is 0 Å². The lowest BCUT2D eigenvalue weighted by Gasteiger charge is -2.16. The van der Waals surface area contributed by atoms with Crippen LogP contribution in [0.3, 0.4) is 0 Å². The van der Waals surface area contributed by atoms with E-state index in [-0.39, 0.29) is 18.1 Å². The van der Waals surface area contributed by atoms with E-state index in [0.29, 0.717) is 0 Å². The van der Waals surface area contributed by atoms with Crippen molar-refractivity contribution in [2.45, 2.75) is 12.8 Å². The quantitative estimate of drug-likeness (QED) is 0.625. The number of carbonyl (C=O) groups is 2. The molecule has 1 heterocycles. The Morgan fingerprint density at radius 1 is 1.26 bits per heavy atom. The Morgan fingerprint density at radius 2 is 1.84 bits per heavy atom. The van der Waals surface area contributed by atoms with Gasteiger partial charge in [-0.1, -0.05) is 0 Å². The van der Waals surface area contributed by atoms with Crippen molar-refractivity contribution in [1.29, 1.82) is 0 Å². The molecule has 19 heavy (non-hydrogen) atoms. The van der Waals surface area contributed by atoms with Crippen LogP contribution in [0, 0.1) is 5.92 Å². The van der Waals surface area contributed by atoms with E-state index >= 15 is 0 Å². The van der Waals surface area contributed by atoms with Crippen LogP contribution in [-0.2, 0) is 14.2 Å². The van der Waals surface area contributed by atoms with Crippen molar-refractivity contribution in [2.75, 3.05) is 6.16 Å². The molecule has 0 saturated carbocycles. The van der Waals surface area contributed by atoms with Crippen molar-refractivity contribution in [3.63, 3.8) is 0 Å². The fourth-order valence-corrected chi connectivity index (χ4v) is 3.32. The number of hydrogen-bond donors (Lipinski definition) is 3. The zero-order valence-electron chi connectivity index (χ0n) is 9.97. The average molecular weight is 287 g/mol. The highest BCUT2D eigenvalue weighted by Gasteiger charge is 2.30. The lowest BCUT2D eigenvalue weighted by molar-refractivity contribution is -0.142. The largest absolute Gasteiger partial charge is 0.481 e. The minimum atomic E-state index is -3.83. The second-order valence-electron chi connectivity index (χ2n) is 4.06. The van der Waals surface area contributed by atoms with Crippen molar-refractivity contribution >= 4 is 24.6 Å². The van der Waals surface area contributed by atoms with Crippen molar-refractivity contribution in [3.8, 4) is 0 Å². The molecule has 7 nitrogen and oxygen atoms in total. The van der Waals surface area contributed by atoms with Gasteiger partial charge >= 0.3 is 11.9 Å². The minimum absolute atomic E-state index is 0.115. The molecule has 1 rings (SSSR count). The molecule has 0 spiro atoms. The summed E-state index contributed by atoms with van der Waals surface area (Å²) in [5, 5.41) is 17.6. The van der Waals surface area contributed by atoms with Crippen LogP contribution in [0.25, 0.3) is 0 Å². The monoisotopic (exact) mass is 287 g/mol. The highest BCUT2D eigenvalue weighted by Crippen LogP contribution is 2.42. The van der Waals surface area contributed by atoms with Crippen molar-refractivity contribution < 1.29 is 29.3 Å². The fraction of sp³-hybridized carbons (Fsp3) is 0.364. The Hall–Kier alpha value is -1.72. The third kappa shape index (κ3) is 4.81. The topological polar surface area (TPSA) is 125 Å². The Bertz CT molecular complexity index is 503. The number of carboxylic acids is 2. The molecule has 2 atom stereocenters. The number of pyridine rings is 1. The third-order valence-corrected chi connectivity index (χ3v) is 4.63. The lowest BCUT2D eigenvalue weighted by atomic mass is 10.1. The smallest absolute Gasteiger partial charge is 0.307 e. The van der Waals surface area contributed by atoms with E-state index in [2.05, 4.69) is 4.98 Å². The van der Waals surface area contributed by atoms with Crippen molar-refractivity contribution in [3.05, 3.63) is 24.5 Å². The lowest BCUT2D eigenvalue weighted by Crippen LogP contribution is -2.22. The molecule has 0 aliphatic rings. The highest BCUT2D eigenvalue weighted by atomic mass is 31.2. The number of aromatic nitrogens is 1. The highest BCUT2D eigenvalue weighted by molar-refractivity contribution is 7.66. The molecule has 8 heteroatoms. The maximum Gasteiger partial charge on any atom is 0.307 e. The van der Waals surface area contributed by atoms with Gasteiger partial charge in [0, 0.05) is 30.3 Å². The zero-order chi connectivity index (χ0) is 14.5. The predicted molar refractivity (Wildman–Crippen MR) is 66.6 cm³/mol. The Balaban J connectivity index is 2.81. The first-order valence-corrected chi connectivity index (χ1v) is 7.34. The molecular formula is C11H14NO6P. The van der Waals surface area contributed by atoms with Gasteiger partial charge in [0.2, 0.25) is 7.37 Å². The summed E-state index contributed by atoms with van der Waals surface area (Å²) in [4.78, 5) is 35.0. The molecule has 0 saturated heterocycles. The van der Waals surface area contributed by atoms with E-state index in [9.17, 15) is 19.0 Å². The summed E-state index contributed by atoms with van der Waals surface area (Å²) in [7, 11) is -3.83. The van der Waals surface area contributed by atoms with Crippen LogP contribution >= 0.6 is 7.37 Å². The second kappa shape index (κ2) is 6.45. The number of hydrogen-bond acceptors (Lipinski definition) is 4. The molecule has 2 unspecified atom stereocenters. The fourth-order valence-electron chi connectivity index (χ4n) is 1.57. The third-order valence-electron chi connectivity index (χ3n) is 2.59. The predicted octanol–water partition coefficient (Wildman–Crippen LogP) is 0.543. The summed E-state index contributed by atoms with van der Waals surface area (Å²) in [6, 6.07) is 2.69. The van der Waals surface area contributed by atoms with Crippen LogP contribution in [0.2, 0.25) is 0 Å².